The van der Waals surface area contributed by atoms with Gasteiger partial charge in [0.2, 0.25) is 11.5 Å². The van der Waals surface area contributed by atoms with Crippen LogP contribution in [0.2, 0.25) is 0 Å². The molecule has 0 radical (unpaired) electrons. The summed E-state index contributed by atoms with van der Waals surface area (Å²) in [7, 11) is 0. The third-order valence-electron chi connectivity index (χ3n) is 3.58. The summed E-state index contributed by atoms with van der Waals surface area (Å²) in [6, 6.07) is 10.6. The molecule has 0 aliphatic carbocycles. The Balaban J connectivity index is 1.61. The number of benzene rings is 1. The number of esters is 2. The fraction of sp³-hybridized carbons (Fsp3) is 0. The van der Waals surface area contributed by atoms with Crippen LogP contribution in [-0.4, -0.2) is 33.0 Å². The quantitative estimate of drug-likeness (QED) is 0.279. The molecule has 4 aromatic rings. The highest BCUT2D eigenvalue weighted by Gasteiger charge is 2.17. The van der Waals surface area contributed by atoms with Crippen LogP contribution in [0.4, 0.5) is 0 Å². The van der Waals surface area contributed by atoms with Gasteiger partial charge in [0.05, 0.1) is 18.7 Å². The van der Waals surface area contributed by atoms with E-state index in [2.05, 4.69) is 15.3 Å². The Hall–Kier alpha value is -4.47. The third-order valence-corrected chi connectivity index (χ3v) is 3.58. The standard InChI is InChI=1S/C19H12N4O6/c24-18(15-3-1-7-26-15)28-14-6-5-13(10-22-23-11-20-21-12-23)17(9-14)29-19(25)16-4-2-8-27-16/h1-12H/b22-10-. The van der Waals surface area contributed by atoms with Crippen molar-refractivity contribution in [2.75, 3.05) is 0 Å². The molecule has 144 valence electrons. The van der Waals surface area contributed by atoms with Gasteiger partial charge in [-0.15, -0.1) is 10.2 Å². The van der Waals surface area contributed by atoms with E-state index in [-0.39, 0.29) is 23.0 Å². The molecule has 4 rings (SSSR count). The maximum Gasteiger partial charge on any atom is 0.379 e. The SMILES string of the molecule is O=C(Oc1ccc(/C=N\n2cnnc2)c(OC(=O)c2ccco2)c1)c1ccco1. The van der Waals surface area contributed by atoms with Gasteiger partial charge in [-0.05, 0) is 36.4 Å². The van der Waals surface area contributed by atoms with Crippen LogP contribution in [0.1, 0.15) is 26.7 Å². The molecule has 0 saturated carbocycles. The van der Waals surface area contributed by atoms with Gasteiger partial charge in [0.1, 0.15) is 24.2 Å². The van der Waals surface area contributed by atoms with Crippen molar-refractivity contribution in [1.29, 1.82) is 0 Å². The Labute approximate surface area is 163 Å². The van der Waals surface area contributed by atoms with Crippen molar-refractivity contribution >= 4 is 18.2 Å². The highest BCUT2D eigenvalue weighted by Crippen LogP contribution is 2.26. The molecule has 10 heteroatoms. The van der Waals surface area contributed by atoms with Crippen molar-refractivity contribution < 1.29 is 27.9 Å². The number of aromatic nitrogens is 3. The number of carbonyl (C=O) groups is 2. The molecule has 0 atom stereocenters. The van der Waals surface area contributed by atoms with Crippen LogP contribution >= 0.6 is 0 Å². The van der Waals surface area contributed by atoms with Gasteiger partial charge >= 0.3 is 11.9 Å². The molecule has 0 fully saturated rings. The van der Waals surface area contributed by atoms with Crippen LogP contribution in [0.5, 0.6) is 11.5 Å². The van der Waals surface area contributed by atoms with Crippen molar-refractivity contribution in [3.63, 3.8) is 0 Å². The average Bonchev–Trinajstić information content (AvgIpc) is 3.51. The molecular weight excluding hydrogens is 380 g/mol. The van der Waals surface area contributed by atoms with Crippen LogP contribution in [0.15, 0.2) is 81.6 Å². The number of rotatable bonds is 6. The van der Waals surface area contributed by atoms with Crippen LogP contribution < -0.4 is 9.47 Å². The van der Waals surface area contributed by atoms with Crippen LogP contribution in [0, 0.1) is 0 Å². The highest BCUT2D eigenvalue weighted by atomic mass is 16.6. The van der Waals surface area contributed by atoms with E-state index in [4.69, 9.17) is 18.3 Å². The second-order valence-corrected chi connectivity index (χ2v) is 5.52. The summed E-state index contributed by atoms with van der Waals surface area (Å²) < 4.78 is 22.1. The zero-order valence-electron chi connectivity index (χ0n) is 14.7. The lowest BCUT2D eigenvalue weighted by molar-refractivity contribution is 0.0698. The third kappa shape index (κ3) is 4.27. The molecule has 0 aliphatic rings. The molecule has 0 amide bonds. The van der Waals surface area contributed by atoms with E-state index in [1.54, 1.807) is 18.2 Å². The van der Waals surface area contributed by atoms with E-state index in [9.17, 15) is 9.59 Å². The Kier molecular flexibility index (Phi) is 4.97. The number of ether oxygens (including phenoxy) is 2. The maximum atomic E-state index is 12.3. The van der Waals surface area contributed by atoms with E-state index in [1.165, 1.54) is 60.3 Å². The lowest BCUT2D eigenvalue weighted by Gasteiger charge is -2.09. The van der Waals surface area contributed by atoms with Crippen LogP contribution in [-0.2, 0) is 0 Å². The first-order valence-electron chi connectivity index (χ1n) is 8.23. The summed E-state index contributed by atoms with van der Waals surface area (Å²) in [5, 5.41) is 11.4. The van der Waals surface area contributed by atoms with Gasteiger partial charge in [-0.3, -0.25) is 0 Å². The van der Waals surface area contributed by atoms with Crippen molar-refractivity contribution in [2.45, 2.75) is 0 Å². The minimum Gasteiger partial charge on any atom is -0.457 e. The lowest BCUT2D eigenvalue weighted by atomic mass is 10.2. The summed E-state index contributed by atoms with van der Waals surface area (Å²) in [6.45, 7) is 0. The van der Waals surface area contributed by atoms with E-state index < -0.39 is 11.9 Å². The molecule has 29 heavy (non-hydrogen) atoms. The van der Waals surface area contributed by atoms with Crippen LogP contribution in [0.3, 0.4) is 0 Å². The number of hydrogen-bond acceptors (Lipinski definition) is 9. The first-order valence-corrected chi connectivity index (χ1v) is 8.23. The number of furan rings is 2. The monoisotopic (exact) mass is 392 g/mol. The van der Waals surface area contributed by atoms with Gasteiger partial charge in [0.25, 0.3) is 0 Å². The Morgan fingerprint density at radius 2 is 1.59 bits per heavy atom. The van der Waals surface area contributed by atoms with Gasteiger partial charge < -0.3 is 18.3 Å². The van der Waals surface area contributed by atoms with Crippen molar-refractivity contribution in [3.8, 4) is 11.5 Å². The molecule has 0 bridgehead atoms. The molecule has 10 nitrogen and oxygen atoms in total. The van der Waals surface area contributed by atoms with E-state index >= 15 is 0 Å². The predicted molar refractivity (Wildman–Crippen MR) is 96.8 cm³/mol. The number of hydrogen-bond donors (Lipinski definition) is 0. The molecular formula is C19H12N4O6. The minimum absolute atomic E-state index is 0.0182. The summed E-state index contributed by atoms with van der Waals surface area (Å²) in [4.78, 5) is 24.4. The second-order valence-electron chi connectivity index (χ2n) is 5.52. The molecule has 3 heterocycles. The van der Waals surface area contributed by atoms with Gasteiger partial charge in [0.15, 0.2) is 0 Å². The normalized spacial score (nSPS) is 10.9. The zero-order valence-corrected chi connectivity index (χ0v) is 14.7. The van der Waals surface area contributed by atoms with E-state index in [0.717, 1.165) is 0 Å². The fourth-order valence-electron chi connectivity index (χ4n) is 2.25. The minimum atomic E-state index is -0.719. The van der Waals surface area contributed by atoms with Gasteiger partial charge in [0, 0.05) is 11.6 Å². The molecule has 3 aromatic heterocycles. The van der Waals surface area contributed by atoms with Crippen LogP contribution in [0.25, 0.3) is 0 Å². The van der Waals surface area contributed by atoms with Gasteiger partial charge in [-0.25, -0.2) is 14.3 Å². The van der Waals surface area contributed by atoms with Gasteiger partial charge in [-0.1, -0.05) is 0 Å². The summed E-state index contributed by atoms with van der Waals surface area (Å²) in [5.41, 5.74) is 0.441. The van der Waals surface area contributed by atoms with Gasteiger partial charge in [-0.2, -0.15) is 5.10 Å². The average molecular weight is 392 g/mol. The highest BCUT2D eigenvalue weighted by molar-refractivity contribution is 5.92. The Bertz CT molecular complexity index is 1130. The zero-order chi connectivity index (χ0) is 20.1. The topological polar surface area (TPSA) is 122 Å². The van der Waals surface area contributed by atoms with Crippen molar-refractivity contribution in [2.24, 2.45) is 5.10 Å². The molecule has 0 unspecified atom stereocenters. The Morgan fingerprint density at radius 3 is 2.21 bits per heavy atom. The Morgan fingerprint density at radius 1 is 0.931 bits per heavy atom. The molecule has 1 aromatic carbocycles. The molecule has 0 aliphatic heterocycles. The van der Waals surface area contributed by atoms with Crippen molar-refractivity contribution in [3.05, 3.63) is 84.7 Å². The summed E-state index contributed by atoms with van der Waals surface area (Å²) >= 11 is 0. The first kappa shape index (κ1) is 17.9. The fourth-order valence-corrected chi connectivity index (χ4v) is 2.25. The lowest BCUT2D eigenvalue weighted by Crippen LogP contribution is -2.10. The van der Waals surface area contributed by atoms with E-state index in [1.807, 2.05) is 0 Å². The predicted octanol–water partition coefficient (Wildman–Crippen LogP) is 2.78. The smallest absolute Gasteiger partial charge is 0.379 e. The number of nitrogens with zero attached hydrogens (tertiary/aromatic N) is 4. The molecule has 0 spiro atoms. The first-order chi connectivity index (χ1) is 14.2. The number of carbonyl (C=O) groups excluding carboxylic acids is 2. The largest absolute Gasteiger partial charge is 0.457 e. The second kappa shape index (κ2) is 8.05. The summed E-state index contributed by atoms with van der Waals surface area (Å²) in [6.07, 6.45) is 6.94. The maximum absolute atomic E-state index is 12.3. The van der Waals surface area contributed by atoms with E-state index in [0.29, 0.717) is 5.56 Å². The molecule has 0 saturated heterocycles. The van der Waals surface area contributed by atoms with Crippen molar-refractivity contribution in [1.82, 2.24) is 14.9 Å². The molecule has 0 N–H and O–H groups in total. The summed E-state index contributed by atoms with van der Waals surface area (Å²) in [5.74, 6) is -1.10.